The van der Waals surface area contributed by atoms with Crippen LogP contribution in [0.3, 0.4) is 0 Å². The van der Waals surface area contributed by atoms with E-state index in [1.165, 1.54) is 0 Å². The molecule has 0 spiro atoms. The van der Waals surface area contributed by atoms with E-state index in [1.807, 2.05) is 0 Å². The average Bonchev–Trinajstić information content (AvgIpc) is 2.84. The summed E-state index contributed by atoms with van der Waals surface area (Å²) in [5, 5.41) is 13.9. The number of fused-ring (bicyclic) bond motifs is 1. The van der Waals surface area contributed by atoms with Gasteiger partial charge < -0.3 is 14.8 Å². The highest BCUT2D eigenvalue weighted by Crippen LogP contribution is 2.41. The van der Waals surface area contributed by atoms with Gasteiger partial charge in [-0.05, 0) is 17.7 Å². The third-order valence-corrected chi connectivity index (χ3v) is 4.15. The molecule has 0 aliphatic carbocycles. The lowest BCUT2D eigenvalue weighted by molar-refractivity contribution is -0.529. The largest absolute Gasteiger partial charge is 0.454 e. The van der Waals surface area contributed by atoms with Crippen LogP contribution in [0.5, 0.6) is 11.5 Å². The molecule has 0 saturated carbocycles. The fourth-order valence-corrected chi connectivity index (χ4v) is 3.04. The number of halogens is 1. The molecule has 2 aliphatic rings. The molecule has 1 amide bonds. The smallest absolute Gasteiger partial charge is 0.237 e. The average molecular weight is 343 g/mol. The van der Waals surface area contributed by atoms with E-state index in [0.717, 1.165) is 0 Å². The van der Waals surface area contributed by atoms with Crippen molar-refractivity contribution in [2.75, 3.05) is 6.79 Å². The fraction of sp³-hybridized carbons (Fsp3) is 0.417. The first kappa shape index (κ1) is 13.2. The Kier molecular flexibility index (Phi) is 3.25. The molecule has 0 aromatic heterocycles. The first-order valence-electron chi connectivity index (χ1n) is 6.08. The molecule has 1 N–H and O–H groups in total. The van der Waals surface area contributed by atoms with Gasteiger partial charge in [-0.3, -0.25) is 14.9 Å². The first-order chi connectivity index (χ1) is 9.56. The summed E-state index contributed by atoms with van der Waals surface area (Å²) in [5.74, 6) is 0.934. The molecule has 0 bridgehead atoms. The monoisotopic (exact) mass is 342 g/mol. The number of nitrogens with one attached hydrogen (secondary N) is 1. The van der Waals surface area contributed by atoms with E-state index in [9.17, 15) is 14.9 Å². The third-order valence-electron chi connectivity index (χ3n) is 3.47. The zero-order chi connectivity index (χ0) is 14.3. The van der Waals surface area contributed by atoms with Gasteiger partial charge in [-0.2, -0.15) is 0 Å². The third kappa shape index (κ3) is 2.20. The molecule has 2 aliphatic heterocycles. The lowest BCUT2D eigenvalue weighted by Crippen LogP contribution is -2.45. The highest BCUT2D eigenvalue weighted by molar-refractivity contribution is 9.10. The number of carbonyl (C=O) groups is 1. The summed E-state index contributed by atoms with van der Waals surface area (Å²) in [6, 6.07) is 1.87. The van der Waals surface area contributed by atoms with Crippen LogP contribution in [0.25, 0.3) is 0 Å². The quantitative estimate of drug-likeness (QED) is 0.653. The van der Waals surface area contributed by atoms with Crippen molar-refractivity contribution in [1.29, 1.82) is 0 Å². The second-order valence-corrected chi connectivity index (χ2v) is 5.52. The van der Waals surface area contributed by atoms with Gasteiger partial charge >= 0.3 is 0 Å². The number of carbonyl (C=O) groups excluding carboxylic acids is 1. The van der Waals surface area contributed by atoms with E-state index in [2.05, 4.69) is 21.2 Å². The van der Waals surface area contributed by atoms with Crippen LogP contribution in [0, 0.1) is 10.1 Å². The van der Waals surface area contributed by atoms with Gasteiger partial charge in [0.05, 0.1) is 0 Å². The zero-order valence-electron chi connectivity index (χ0n) is 10.3. The standard InChI is InChI=1S/C12H11BrN2O5/c13-7-4-10-9(19-5-20-10)3-6(7)12-8(15(17)18)1-2-11(16)14-12/h3-4,8,12H,1-2,5H2,(H,14,16)/t8-,12-/m1/s1. The molecule has 1 aromatic rings. The summed E-state index contributed by atoms with van der Waals surface area (Å²) in [6.45, 7) is 0.126. The van der Waals surface area contributed by atoms with Crippen molar-refractivity contribution >= 4 is 21.8 Å². The van der Waals surface area contributed by atoms with E-state index in [-0.39, 0.29) is 30.5 Å². The number of amides is 1. The van der Waals surface area contributed by atoms with Gasteiger partial charge in [0, 0.05) is 22.2 Å². The Morgan fingerprint density at radius 1 is 1.35 bits per heavy atom. The van der Waals surface area contributed by atoms with Crippen molar-refractivity contribution in [3.05, 3.63) is 32.3 Å². The molecule has 20 heavy (non-hydrogen) atoms. The number of nitrogens with zero attached hydrogens (tertiary/aromatic N) is 1. The highest BCUT2D eigenvalue weighted by atomic mass is 79.9. The summed E-state index contributed by atoms with van der Waals surface area (Å²) in [4.78, 5) is 22.4. The summed E-state index contributed by atoms with van der Waals surface area (Å²) >= 11 is 3.37. The number of ether oxygens (including phenoxy) is 2. The predicted octanol–water partition coefficient (Wildman–Crippen LogP) is 1.77. The van der Waals surface area contributed by atoms with E-state index in [1.54, 1.807) is 12.1 Å². The van der Waals surface area contributed by atoms with Gasteiger partial charge in [-0.25, -0.2) is 0 Å². The van der Waals surface area contributed by atoms with E-state index in [0.29, 0.717) is 21.5 Å². The fourth-order valence-electron chi connectivity index (χ4n) is 2.47. The summed E-state index contributed by atoms with van der Waals surface area (Å²) in [6.07, 6.45) is 0.398. The number of nitro groups is 1. The Morgan fingerprint density at radius 3 is 2.75 bits per heavy atom. The van der Waals surface area contributed by atoms with E-state index >= 15 is 0 Å². The minimum Gasteiger partial charge on any atom is -0.454 e. The number of hydrogen-bond acceptors (Lipinski definition) is 5. The molecule has 0 radical (unpaired) electrons. The van der Waals surface area contributed by atoms with Gasteiger partial charge in [0.25, 0.3) is 0 Å². The van der Waals surface area contributed by atoms with Gasteiger partial charge in [0.1, 0.15) is 6.04 Å². The minimum atomic E-state index is -0.843. The number of rotatable bonds is 2. The van der Waals surface area contributed by atoms with Crippen LogP contribution in [0.2, 0.25) is 0 Å². The van der Waals surface area contributed by atoms with Crippen molar-refractivity contribution in [2.24, 2.45) is 0 Å². The van der Waals surface area contributed by atoms with Crippen LogP contribution in [-0.2, 0) is 4.79 Å². The number of hydrogen-bond donors (Lipinski definition) is 1. The molecule has 1 fully saturated rings. The first-order valence-corrected chi connectivity index (χ1v) is 6.87. The van der Waals surface area contributed by atoms with Crippen molar-refractivity contribution in [3.63, 3.8) is 0 Å². The van der Waals surface area contributed by atoms with Crippen LogP contribution in [0.1, 0.15) is 24.4 Å². The van der Waals surface area contributed by atoms with Crippen molar-refractivity contribution in [3.8, 4) is 11.5 Å². The SMILES string of the molecule is O=C1CC[C@@H]([N+](=O)[O-])[C@@H](c2cc3c(cc2Br)OCO3)N1. The zero-order valence-corrected chi connectivity index (χ0v) is 11.9. The van der Waals surface area contributed by atoms with Gasteiger partial charge in [-0.15, -0.1) is 0 Å². The lowest BCUT2D eigenvalue weighted by atomic mass is 9.92. The maximum Gasteiger partial charge on any atom is 0.237 e. The Balaban J connectivity index is 2.01. The highest BCUT2D eigenvalue weighted by Gasteiger charge is 2.39. The molecule has 106 valence electrons. The topological polar surface area (TPSA) is 90.7 Å². The summed E-state index contributed by atoms with van der Waals surface area (Å²) < 4.78 is 11.2. The Morgan fingerprint density at radius 2 is 2.05 bits per heavy atom. The van der Waals surface area contributed by atoms with E-state index < -0.39 is 12.1 Å². The molecule has 0 unspecified atom stereocenters. The van der Waals surface area contributed by atoms with Crippen molar-refractivity contribution in [2.45, 2.75) is 24.9 Å². The Hall–Kier alpha value is -1.83. The molecule has 3 rings (SSSR count). The summed E-state index contributed by atoms with van der Waals surface area (Å²) in [7, 11) is 0. The second-order valence-electron chi connectivity index (χ2n) is 4.66. The van der Waals surface area contributed by atoms with Crippen LogP contribution in [-0.4, -0.2) is 23.7 Å². The molecular formula is C12H11BrN2O5. The molecular weight excluding hydrogens is 332 g/mol. The lowest BCUT2D eigenvalue weighted by Gasteiger charge is -2.27. The van der Waals surface area contributed by atoms with Crippen molar-refractivity contribution in [1.82, 2.24) is 5.32 Å². The van der Waals surface area contributed by atoms with Gasteiger partial charge in [0.2, 0.25) is 18.7 Å². The Bertz CT molecular complexity index is 591. The van der Waals surface area contributed by atoms with Crippen LogP contribution in [0.15, 0.2) is 16.6 Å². The van der Waals surface area contributed by atoms with Crippen molar-refractivity contribution < 1.29 is 19.2 Å². The molecule has 2 heterocycles. The molecule has 1 saturated heterocycles. The summed E-state index contributed by atoms with van der Waals surface area (Å²) in [5.41, 5.74) is 0.629. The van der Waals surface area contributed by atoms with E-state index in [4.69, 9.17) is 9.47 Å². The van der Waals surface area contributed by atoms with Gasteiger partial charge in [-0.1, -0.05) is 15.9 Å². The van der Waals surface area contributed by atoms with Crippen LogP contribution < -0.4 is 14.8 Å². The van der Waals surface area contributed by atoms with Gasteiger partial charge in [0.15, 0.2) is 11.5 Å². The maximum atomic E-state index is 11.6. The molecule has 1 aromatic carbocycles. The molecule has 2 atom stereocenters. The van der Waals surface area contributed by atoms with Crippen LogP contribution >= 0.6 is 15.9 Å². The Labute approximate surface area is 122 Å². The predicted molar refractivity (Wildman–Crippen MR) is 71.2 cm³/mol. The normalized spacial score (nSPS) is 24.4. The maximum absolute atomic E-state index is 11.6. The number of benzene rings is 1. The minimum absolute atomic E-state index is 0.126. The van der Waals surface area contributed by atoms with Crippen LogP contribution in [0.4, 0.5) is 0 Å². The molecule has 7 nitrogen and oxygen atoms in total. The molecule has 8 heteroatoms. The number of piperidine rings is 1. The second kappa shape index (κ2) is 4.93.